The molecule has 4 heteroatoms. The molecule has 94 valence electrons. The predicted octanol–water partition coefficient (Wildman–Crippen LogP) is 4.04. The average molecular weight is 312 g/mol. The van der Waals surface area contributed by atoms with Crippen LogP contribution in [0.4, 0.5) is 8.78 Å². The monoisotopic (exact) mass is 311 g/mol. The molecule has 0 amide bonds. The Morgan fingerprint density at radius 1 is 0.944 bits per heavy atom. The summed E-state index contributed by atoms with van der Waals surface area (Å²) in [5.74, 6) is -1.13. The summed E-state index contributed by atoms with van der Waals surface area (Å²) >= 11 is 3.36. The van der Waals surface area contributed by atoms with Crippen LogP contribution in [0.5, 0.6) is 0 Å². The highest BCUT2D eigenvalue weighted by atomic mass is 79.9. The van der Waals surface area contributed by atoms with Gasteiger partial charge in [-0.3, -0.25) is 0 Å². The van der Waals surface area contributed by atoms with Crippen LogP contribution >= 0.6 is 15.9 Å². The van der Waals surface area contributed by atoms with E-state index >= 15 is 0 Å². The molecule has 0 saturated carbocycles. The largest absolute Gasteiger partial charge is 0.309 e. The first kappa shape index (κ1) is 13.2. The van der Waals surface area contributed by atoms with Crippen molar-refractivity contribution < 1.29 is 8.78 Å². The normalized spacial score (nSPS) is 12.4. The van der Waals surface area contributed by atoms with E-state index in [0.717, 1.165) is 16.1 Å². The summed E-state index contributed by atoms with van der Waals surface area (Å²) in [5.41, 5.74) is 1.52. The molecule has 0 aliphatic carbocycles. The first-order valence-corrected chi connectivity index (χ1v) is 6.28. The third-order valence-corrected chi connectivity index (χ3v) is 3.24. The molecule has 0 bridgehead atoms. The Bertz CT molecular complexity index is 520. The van der Waals surface area contributed by atoms with Gasteiger partial charge in [-0.1, -0.05) is 28.1 Å². The summed E-state index contributed by atoms with van der Waals surface area (Å²) < 4.78 is 27.4. The lowest BCUT2D eigenvalue weighted by Crippen LogP contribution is -2.18. The van der Waals surface area contributed by atoms with Crippen LogP contribution in [0.2, 0.25) is 0 Å². The zero-order chi connectivity index (χ0) is 13.1. The number of hydrogen-bond donors (Lipinski definition) is 1. The molecule has 0 saturated heterocycles. The highest BCUT2D eigenvalue weighted by molar-refractivity contribution is 9.10. The third kappa shape index (κ3) is 2.94. The second kappa shape index (κ2) is 5.59. The SMILES string of the molecule is CNC(c1ccc(Br)cc1)c1cc(F)cc(F)c1. The van der Waals surface area contributed by atoms with Crippen molar-refractivity contribution in [1.29, 1.82) is 0 Å². The van der Waals surface area contributed by atoms with Gasteiger partial charge in [0.1, 0.15) is 11.6 Å². The summed E-state index contributed by atoms with van der Waals surface area (Å²) in [4.78, 5) is 0. The third-order valence-electron chi connectivity index (χ3n) is 2.71. The zero-order valence-electron chi connectivity index (χ0n) is 9.75. The zero-order valence-corrected chi connectivity index (χ0v) is 11.3. The molecule has 1 unspecified atom stereocenters. The van der Waals surface area contributed by atoms with Gasteiger partial charge < -0.3 is 5.32 Å². The lowest BCUT2D eigenvalue weighted by Gasteiger charge is -2.17. The highest BCUT2D eigenvalue weighted by Gasteiger charge is 2.13. The van der Waals surface area contributed by atoms with Gasteiger partial charge in [0.25, 0.3) is 0 Å². The van der Waals surface area contributed by atoms with Crippen LogP contribution < -0.4 is 5.32 Å². The first-order chi connectivity index (χ1) is 8.60. The van der Waals surface area contributed by atoms with Crippen LogP contribution in [0.15, 0.2) is 46.9 Å². The molecule has 2 aromatic rings. The Kier molecular flexibility index (Phi) is 4.09. The molecule has 0 fully saturated rings. The van der Waals surface area contributed by atoms with Crippen molar-refractivity contribution in [2.45, 2.75) is 6.04 Å². The number of halogens is 3. The molecule has 0 spiro atoms. The summed E-state index contributed by atoms with van der Waals surface area (Å²) in [6, 6.07) is 10.9. The Balaban J connectivity index is 2.41. The standard InChI is InChI=1S/C14H12BrF2N/c1-18-14(9-2-4-11(15)5-3-9)10-6-12(16)8-13(17)7-10/h2-8,14,18H,1H3. The maximum Gasteiger partial charge on any atom is 0.126 e. The molecule has 2 rings (SSSR count). The number of benzene rings is 2. The van der Waals surface area contributed by atoms with Gasteiger partial charge in [-0.25, -0.2) is 8.78 Å². The summed E-state index contributed by atoms with van der Waals surface area (Å²) in [7, 11) is 1.76. The predicted molar refractivity (Wildman–Crippen MR) is 71.4 cm³/mol. The summed E-state index contributed by atoms with van der Waals surface area (Å²) in [6.07, 6.45) is 0. The molecular formula is C14H12BrF2N. The van der Waals surface area contributed by atoms with E-state index in [-0.39, 0.29) is 6.04 Å². The van der Waals surface area contributed by atoms with Gasteiger partial charge in [-0.15, -0.1) is 0 Å². The van der Waals surface area contributed by atoms with Crippen LogP contribution in [0.25, 0.3) is 0 Å². The van der Waals surface area contributed by atoms with Crippen molar-refractivity contribution >= 4 is 15.9 Å². The molecular weight excluding hydrogens is 300 g/mol. The molecule has 0 radical (unpaired) electrons. The second-order valence-electron chi connectivity index (χ2n) is 3.98. The smallest absolute Gasteiger partial charge is 0.126 e. The van der Waals surface area contributed by atoms with Gasteiger partial charge in [-0.05, 0) is 42.4 Å². The van der Waals surface area contributed by atoms with E-state index in [2.05, 4.69) is 21.2 Å². The average Bonchev–Trinajstić information content (AvgIpc) is 2.31. The number of nitrogens with one attached hydrogen (secondary N) is 1. The fourth-order valence-electron chi connectivity index (χ4n) is 1.92. The van der Waals surface area contributed by atoms with E-state index in [1.807, 2.05) is 24.3 Å². The molecule has 0 heterocycles. The van der Waals surface area contributed by atoms with Gasteiger partial charge in [0.05, 0.1) is 6.04 Å². The van der Waals surface area contributed by atoms with Crippen molar-refractivity contribution in [2.24, 2.45) is 0 Å². The lowest BCUT2D eigenvalue weighted by molar-refractivity contribution is 0.571. The molecule has 0 aromatic heterocycles. The maximum atomic E-state index is 13.2. The van der Waals surface area contributed by atoms with Gasteiger partial charge in [0.15, 0.2) is 0 Å². The Hall–Kier alpha value is -1.26. The Morgan fingerprint density at radius 2 is 1.50 bits per heavy atom. The Morgan fingerprint density at radius 3 is 2.00 bits per heavy atom. The van der Waals surface area contributed by atoms with Crippen molar-refractivity contribution in [3.8, 4) is 0 Å². The second-order valence-corrected chi connectivity index (χ2v) is 4.89. The van der Waals surface area contributed by atoms with E-state index in [1.165, 1.54) is 12.1 Å². The van der Waals surface area contributed by atoms with E-state index in [0.29, 0.717) is 5.56 Å². The van der Waals surface area contributed by atoms with Crippen LogP contribution in [0.1, 0.15) is 17.2 Å². The minimum atomic E-state index is -0.567. The van der Waals surface area contributed by atoms with Crippen LogP contribution in [0.3, 0.4) is 0 Å². The maximum absolute atomic E-state index is 13.2. The van der Waals surface area contributed by atoms with Crippen molar-refractivity contribution in [2.75, 3.05) is 7.05 Å². The summed E-state index contributed by atoms with van der Waals surface area (Å²) in [5, 5.41) is 3.06. The van der Waals surface area contributed by atoms with Crippen molar-refractivity contribution in [1.82, 2.24) is 5.32 Å². The van der Waals surface area contributed by atoms with Crippen LogP contribution in [0, 0.1) is 11.6 Å². The number of hydrogen-bond acceptors (Lipinski definition) is 1. The summed E-state index contributed by atoms with van der Waals surface area (Å²) in [6.45, 7) is 0. The topological polar surface area (TPSA) is 12.0 Å². The number of rotatable bonds is 3. The Labute approximate surface area is 113 Å². The fourth-order valence-corrected chi connectivity index (χ4v) is 2.19. The van der Waals surface area contributed by atoms with Crippen LogP contribution in [-0.4, -0.2) is 7.05 Å². The van der Waals surface area contributed by atoms with E-state index in [9.17, 15) is 8.78 Å². The van der Waals surface area contributed by atoms with Crippen LogP contribution in [-0.2, 0) is 0 Å². The van der Waals surface area contributed by atoms with Gasteiger partial charge >= 0.3 is 0 Å². The fraction of sp³-hybridized carbons (Fsp3) is 0.143. The van der Waals surface area contributed by atoms with Gasteiger partial charge in [0, 0.05) is 10.5 Å². The van der Waals surface area contributed by atoms with E-state index < -0.39 is 11.6 Å². The molecule has 1 N–H and O–H groups in total. The minimum Gasteiger partial charge on any atom is -0.309 e. The molecule has 1 nitrogen and oxygen atoms in total. The lowest BCUT2D eigenvalue weighted by atomic mass is 9.99. The van der Waals surface area contributed by atoms with E-state index in [1.54, 1.807) is 7.05 Å². The molecule has 1 atom stereocenters. The molecule has 0 aliphatic rings. The minimum absolute atomic E-state index is 0.233. The van der Waals surface area contributed by atoms with Gasteiger partial charge in [-0.2, -0.15) is 0 Å². The van der Waals surface area contributed by atoms with Crippen molar-refractivity contribution in [3.05, 3.63) is 69.7 Å². The molecule has 18 heavy (non-hydrogen) atoms. The van der Waals surface area contributed by atoms with Crippen molar-refractivity contribution in [3.63, 3.8) is 0 Å². The quantitative estimate of drug-likeness (QED) is 0.902. The first-order valence-electron chi connectivity index (χ1n) is 5.49. The molecule has 2 aromatic carbocycles. The highest BCUT2D eigenvalue weighted by Crippen LogP contribution is 2.24. The van der Waals surface area contributed by atoms with Gasteiger partial charge in [0.2, 0.25) is 0 Å². The molecule has 0 aliphatic heterocycles. The van der Waals surface area contributed by atoms with E-state index in [4.69, 9.17) is 0 Å².